The van der Waals surface area contributed by atoms with E-state index in [0.29, 0.717) is 60.0 Å². The Labute approximate surface area is 283 Å². The normalized spacial score (nSPS) is 22.4. The molecular weight excluding hydrogens is 633 g/mol. The molecule has 2 aromatic carbocycles. The van der Waals surface area contributed by atoms with Gasteiger partial charge in [-0.2, -0.15) is 9.97 Å². The highest BCUT2D eigenvalue weighted by Crippen LogP contribution is 2.41. The third-order valence-electron chi connectivity index (χ3n) is 9.97. The minimum absolute atomic E-state index is 0.0143. The van der Waals surface area contributed by atoms with Gasteiger partial charge in [0.25, 0.3) is 0 Å². The van der Waals surface area contributed by atoms with Crippen LogP contribution in [0.15, 0.2) is 36.5 Å². The molecule has 0 radical (unpaired) electrons. The molecule has 0 saturated carbocycles. The number of aromatic nitrogens is 3. The van der Waals surface area contributed by atoms with E-state index in [0.717, 1.165) is 19.4 Å². The average Bonchev–Trinajstić information content (AvgIpc) is 3.77. The van der Waals surface area contributed by atoms with Gasteiger partial charge in [0.2, 0.25) is 0 Å². The van der Waals surface area contributed by atoms with E-state index in [1.807, 2.05) is 32.7 Å². The number of terminal acetylenes is 1. The first-order valence-corrected chi connectivity index (χ1v) is 16.6. The number of hydrogen-bond donors (Lipinski definition) is 0. The standard InChI is InChI=1S/C37H39F3N6O3/c1-6-25-28(39)12-11-22-9-7-10-26(29(22)25)31-30(40)32-27(18-41-31)33(44(5)24-13-16-45(20-24)35(47)49-36(2,3)4)43-34(42-32)48-21-37-14-8-15-46(37)19-23(38)17-37/h1,7,9-12,18,23-24H,8,13-17,19-21H2,2-5H3/t23-,24-,37+/m1/s1. The molecule has 0 spiro atoms. The molecule has 49 heavy (non-hydrogen) atoms. The van der Waals surface area contributed by atoms with Crippen molar-refractivity contribution in [1.82, 2.24) is 24.8 Å². The van der Waals surface area contributed by atoms with E-state index in [-0.39, 0.29) is 35.4 Å². The lowest BCUT2D eigenvalue weighted by atomic mass is 9.95. The van der Waals surface area contributed by atoms with Crippen LogP contribution in [0.1, 0.15) is 52.0 Å². The van der Waals surface area contributed by atoms with E-state index >= 15 is 4.39 Å². The summed E-state index contributed by atoms with van der Waals surface area (Å²) in [6.45, 7) is 7.62. The zero-order valence-electron chi connectivity index (χ0n) is 28.1. The molecule has 5 heterocycles. The van der Waals surface area contributed by atoms with Crippen LogP contribution in [0.4, 0.5) is 23.8 Å². The molecule has 3 saturated heterocycles. The summed E-state index contributed by atoms with van der Waals surface area (Å²) in [6.07, 6.45) is 8.56. The number of nitrogens with zero attached hydrogens (tertiary/aromatic N) is 6. The number of halogens is 3. The first kappa shape index (κ1) is 32.9. The Balaban J connectivity index is 1.30. The number of alkyl halides is 1. The van der Waals surface area contributed by atoms with Crippen LogP contribution in [-0.4, -0.2) is 94.0 Å². The maximum atomic E-state index is 16.9. The summed E-state index contributed by atoms with van der Waals surface area (Å²) in [7, 11) is 1.83. The number of pyridine rings is 1. The molecule has 9 nitrogen and oxygen atoms in total. The van der Waals surface area contributed by atoms with Gasteiger partial charge in [-0.25, -0.2) is 18.0 Å². The smallest absolute Gasteiger partial charge is 0.410 e. The number of ether oxygens (including phenoxy) is 2. The number of benzene rings is 2. The van der Waals surface area contributed by atoms with Crippen molar-refractivity contribution in [1.29, 1.82) is 0 Å². The van der Waals surface area contributed by atoms with Gasteiger partial charge in [-0.15, -0.1) is 6.42 Å². The molecule has 7 rings (SSSR count). The zero-order chi connectivity index (χ0) is 34.7. The number of fused-ring (bicyclic) bond motifs is 3. The molecule has 256 valence electrons. The Morgan fingerprint density at radius 2 is 1.98 bits per heavy atom. The van der Waals surface area contributed by atoms with E-state index in [4.69, 9.17) is 20.9 Å². The van der Waals surface area contributed by atoms with E-state index in [9.17, 15) is 13.6 Å². The minimum atomic E-state index is -0.942. The second-order valence-corrected chi connectivity index (χ2v) is 14.3. The number of carbonyl (C=O) groups is 1. The number of hydrogen-bond acceptors (Lipinski definition) is 8. The van der Waals surface area contributed by atoms with Gasteiger partial charge in [0, 0.05) is 56.3 Å². The fraction of sp³-hybridized carbons (Fsp3) is 0.459. The van der Waals surface area contributed by atoms with Crippen LogP contribution >= 0.6 is 0 Å². The average molecular weight is 673 g/mol. The van der Waals surface area contributed by atoms with Crippen LogP contribution in [-0.2, 0) is 4.74 Å². The summed E-state index contributed by atoms with van der Waals surface area (Å²) in [5, 5.41) is 1.34. The third-order valence-corrected chi connectivity index (χ3v) is 9.97. The van der Waals surface area contributed by atoms with E-state index in [2.05, 4.69) is 20.8 Å². The Morgan fingerprint density at radius 3 is 2.76 bits per heavy atom. The second kappa shape index (κ2) is 12.4. The first-order chi connectivity index (χ1) is 23.4. The Kier molecular flexibility index (Phi) is 8.30. The molecule has 3 aliphatic rings. The quantitative estimate of drug-likeness (QED) is 0.215. The Morgan fingerprint density at radius 1 is 1.16 bits per heavy atom. The summed E-state index contributed by atoms with van der Waals surface area (Å²) >= 11 is 0. The molecule has 0 N–H and O–H groups in total. The second-order valence-electron chi connectivity index (χ2n) is 14.3. The Hall–Kier alpha value is -4.63. The third kappa shape index (κ3) is 5.98. The maximum absolute atomic E-state index is 16.9. The van der Waals surface area contributed by atoms with Crippen molar-refractivity contribution >= 4 is 33.6 Å². The fourth-order valence-corrected chi connectivity index (χ4v) is 7.61. The topological polar surface area (TPSA) is 83.9 Å². The van der Waals surface area contributed by atoms with Gasteiger partial charge in [-0.1, -0.05) is 30.2 Å². The summed E-state index contributed by atoms with van der Waals surface area (Å²) in [6, 6.07) is 7.81. The fourth-order valence-electron chi connectivity index (χ4n) is 7.61. The number of amides is 1. The summed E-state index contributed by atoms with van der Waals surface area (Å²) in [5.74, 6) is 1.45. The largest absolute Gasteiger partial charge is 0.461 e. The van der Waals surface area contributed by atoms with Crippen LogP contribution in [0.2, 0.25) is 0 Å². The zero-order valence-corrected chi connectivity index (χ0v) is 28.1. The molecule has 3 aliphatic heterocycles. The van der Waals surface area contributed by atoms with E-state index in [1.54, 1.807) is 29.2 Å². The van der Waals surface area contributed by atoms with Gasteiger partial charge in [-0.05, 0) is 58.0 Å². The number of anilines is 1. The maximum Gasteiger partial charge on any atom is 0.410 e. The van der Waals surface area contributed by atoms with Crippen molar-refractivity contribution < 1.29 is 27.4 Å². The predicted molar refractivity (Wildman–Crippen MR) is 181 cm³/mol. The van der Waals surface area contributed by atoms with Gasteiger partial charge in [0.1, 0.15) is 41.2 Å². The van der Waals surface area contributed by atoms with Crippen molar-refractivity contribution in [3.63, 3.8) is 0 Å². The summed E-state index contributed by atoms with van der Waals surface area (Å²) < 4.78 is 58.0. The predicted octanol–water partition coefficient (Wildman–Crippen LogP) is 6.51. The van der Waals surface area contributed by atoms with Crippen LogP contribution in [0, 0.1) is 24.0 Å². The van der Waals surface area contributed by atoms with Gasteiger partial charge in [0.15, 0.2) is 5.82 Å². The Bertz CT molecular complexity index is 1990. The van der Waals surface area contributed by atoms with Crippen LogP contribution in [0.25, 0.3) is 32.9 Å². The highest BCUT2D eigenvalue weighted by Gasteiger charge is 2.49. The molecule has 2 aromatic heterocycles. The first-order valence-electron chi connectivity index (χ1n) is 16.6. The summed E-state index contributed by atoms with van der Waals surface area (Å²) in [4.78, 5) is 32.4. The molecular formula is C37H39F3N6O3. The lowest BCUT2D eigenvalue weighted by molar-refractivity contribution is 0.0292. The van der Waals surface area contributed by atoms with Crippen molar-refractivity contribution in [3.8, 4) is 29.6 Å². The van der Waals surface area contributed by atoms with Crippen LogP contribution in [0.3, 0.4) is 0 Å². The lowest BCUT2D eigenvalue weighted by Gasteiger charge is -2.31. The molecule has 0 aliphatic carbocycles. The summed E-state index contributed by atoms with van der Waals surface area (Å²) in [5.41, 5.74) is -0.852. The molecule has 0 bridgehead atoms. The van der Waals surface area contributed by atoms with Crippen LogP contribution in [0.5, 0.6) is 6.01 Å². The molecule has 3 atom stereocenters. The van der Waals surface area contributed by atoms with Crippen LogP contribution < -0.4 is 9.64 Å². The number of rotatable bonds is 6. The van der Waals surface area contributed by atoms with Crippen molar-refractivity contribution in [3.05, 3.63) is 53.7 Å². The highest BCUT2D eigenvalue weighted by atomic mass is 19.1. The van der Waals surface area contributed by atoms with Gasteiger partial charge in [0.05, 0.1) is 16.5 Å². The van der Waals surface area contributed by atoms with Gasteiger partial charge >= 0.3 is 12.1 Å². The number of likely N-dealkylation sites (tertiary alicyclic amines) is 1. The minimum Gasteiger partial charge on any atom is -0.461 e. The molecule has 1 amide bonds. The van der Waals surface area contributed by atoms with Crippen molar-refractivity contribution in [2.45, 2.75) is 69.8 Å². The van der Waals surface area contributed by atoms with Gasteiger partial charge < -0.3 is 19.3 Å². The van der Waals surface area contributed by atoms with E-state index in [1.165, 1.54) is 12.3 Å². The van der Waals surface area contributed by atoms with E-state index < -0.39 is 35.0 Å². The van der Waals surface area contributed by atoms with Crippen molar-refractivity contribution in [2.24, 2.45) is 0 Å². The molecule has 4 aromatic rings. The monoisotopic (exact) mass is 672 g/mol. The highest BCUT2D eigenvalue weighted by molar-refractivity contribution is 6.02. The number of likely N-dealkylation sites (N-methyl/N-ethyl adjacent to an activating group) is 1. The van der Waals surface area contributed by atoms with Crippen molar-refractivity contribution in [2.75, 3.05) is 44.7 Å². The lowest BCUT2D eigenvalue weighted by Crippen LogP contribution is -2.43. The SMILES string of the molecule is C#Cc1c(F)ccc2cccc(-c3ncc4c(N(C)[C@@H]5CCN(C(=O)OC(C)(C)C)C5)nc(OC[C@@]56CCCN5C[C@H](F)C6)nc4c3F)c12. The van der Waals surface area contributed by atoms with Gasteiger partial charge in [-0.3, -0.25) is 9.88 Å². The number of carbonyl (C=O) groups excluding carboxylic acids is 1. The molecule has 3 fully saturated rings. The molecule has 12 heteroatoms. The molecule has 0 unspecified atom stereocenters.